The Morgan fingerprint density at radius 2 is 1.96 bits per heavy atom. The Balaban J connectivity index is 1.47. The van der Waals surface area contributed by atoms with Crippen LogP contribution >= 0.6 is 0 Å². The number of ether oxygens (including phenoxy) is 1. The first-order valence-corrected chi connectivity index (χ1v) is 8.20. The highest BCUT2D eigenvalue weighted by Gasteiger charge is 2.30. The van der Waals surface area contributed by atoms with Gasteiger partial charge in [-0.1, -0.05) is 12.1 Å². The molecule has 0 radical (unpaired) electrons. The standard InChI is InChI=1S/C17H23FN2O3/c18-14-5-3-13(4-6-14)15(21)12-19-7-9-20(10-8-19)17(22)16-2-1-11-23-16/h3-6,15-16,21H,1-2,7-12H2. The van der Waals surface area contributed by atoms with Crippen molar-refractivity contribution >= 4 is 5.91 Å². The van der Waals surface area contributed by atoms with Crippen LogP contribution in [0.2, 0.25) is 0 Å². The summed E-state index contributed by atoms with van der Waals surface area (Å²) in [6.07, 6.45) is 0.880. The number of aliphatic hydroxyl groups is 1. The first-order valence-electron chi connectivity index (χ1n) is 8.20. The van der Waals surface area contributed by atoms with Gasteiger partial charge in [-0.15, -0.1) is 0 Å². The lowest BCUT2D eigenvalue weighted by molar-refractivity contribution is -0.142. The summed E-state index contributed by atoms with van der Waals surface area (Å²) in [5.74, 6) is -0.205. The van der Waals surface area contributed by atoms with E-state index in [0.29, 0.717) is 31.8 Å². The molecule has 6 heteroatoms. The highest BCUT2D eigenvalue weighted by molar-refractivity contribution is 5.81. The second-order valence-electron chi connectivity index (χ2n) is 6.19. The largest absolute Gasteiger partial charge is 0.387 e. The van der Waals surface area contributed by atoms with Crippen LogP contribution in [0.4, 0.5) is 4.39 Å². The van der Waals surface area contributed by atoms with Crippen LogP contribution in [0.15, 0.2) is 24.3 Å². The van der Waals surface area contributed by atoms with E-state index in [4.69, 9.17) is 4.74 Å². The minimum atomic E-state index is -0.643. The molecule has 1 aromatic carbocycles. The van der Waals surface area contributed by atoms with Crippen molar-refractivity contribution in [1.82, 2.24) is 9.80 Å². The van der Waals surface area contributed by atoms with Crippen molar-refractivity contribution in [3.05, 3.63) is 35.6 Å². The minimum absolute atomic E-state index is 0.0984. The molecule has 0 aromatic heterocycles. The second-order valence-corrected chi connectivity index (χ2v) is 6.19. The summed E-state index contributed by atoms with van der Waals surface area (Å²) in [6, 6.07) is 5.93. The number of piperazine rings is 1. The van der Waals surface area contributed by atoms with E-state index < -0.39 is 6.10 Å². The molecule has 2 unspecified atom stereocenters. The van der Waals surface area contributed by atoms with Gasteiger partial charge in [-0.25, -0.2) is 4.39 Å². The Morgan fingerprint density at radius 3 is 2.57 bits per heavy atom. The number of carbonyl (C=O) groups is 1. The quantitative estimate of drug-likeness (QED) is 0.904. The van der Waals surface area contributed by atoms with Crippen LogP contribution in [0.5, 0.6) is 0 Å². The number of benzene rings is 1. The van der Waals surface area contributed by atoms with Crippen LogP contribution in [0, 0.1) is 5.82 Å². The van der Waals surface area contributed by atoms with E-state index >= 15 is 0 Å². The third kappa shape index (κ3) is 4.07. The monoisotopic (exact) mass is 322 g/mol. The molecule has 2 saturated heterocycles. The van der Waals surface area contributed by atoms with Gasteiger partial charge in [-0.05, 0) is 30.5 Å². The van der Waals surface area contributed by atoms with Crippen LogP contribution < -0.4 is 0 Å². The molecule has 0 spiro atoms. The summed E-state index contributed by atoms with van der Waals surface area (Å²) in [5, 5.41) is 10.2. The van der Waals surface area contributed by atoms with E-state index in [2.05, 4.69) is 4.90 Å². The number of β-amino-alcohol motifs (C(OH)–C–C–N with tert-alkyl or cyclic N) is 1. The minimum Gasteiger partial charge on any atom is -0.387 e. The molecule has 1 N–H and O–H groups in total. The van der Waals surface area contributed by atoms with Crippen LogP contribution in [-0.2, 0) is 9.53 Å². The summed E-state index contributed by atoms with van der Waals surface area (Å²) in [4.78, 5) is 16.3. The smallest absolute Gasteiger partial charge is 0.251 e. The number of halogens is 1. The molecule has 3 rings (SSSR count). The van der Waals surface area contributed by atoms with Crippen LogP contribution in [0.1, 0.15) is 24.5 Å². The molecule has 23 heavy (non-hydrogen) atoms. The predicted molar refractivity (Wildman–Crippen MR) is 83.4 cm³/mol. The van der Waals surface area contributed by atoms with Gasteiger partial charge in [0.25, 0.3) is 5.91 Å². The summed E-state index contributed by atoms with van der Waals surface area (Å²) in [6.45, 7) is 3.96. The maximum absolute atomic E-state index is 12.9. The van der Waals surface area contributed by atoms with Crippen LogP contribution in [0.3, 0.4) is 0 Å². The SMILES string of the molecule is O=C(C1CCCO1)N1CCN(CC(O)c2ccc(F)cc2)CC1. The maximum Gasteiger partial charge on any atom is 0.251 e. The first kappa shape index (κ1) is 16.4. The lowest BCUT2D eigenvalue weighted by atomic mass is 10.1. The molecule has 2 atom stereocenters. The Bertz CT molecular complexity index is 523. The Morgan fingerprint density at radius 1 is 1.26 bits per heavy atom. The van der Waals surface area contributed by atoms with Crippen molar-refractivity contribution in [2.75, 3.05) is 39.3 Å². The van der Waals surface area contributed by atoms with Crippen molar-refractivity contribution in [3.8, 4) is 0 Å². The molecule has 0 saturated carbocycles. The normalized spacial score (nSPS) is 23.9. The van der Waals surface area contributed by atoms with E-state index in [1.165, 1.54) is 12.1 Å². The maximum atomic E-state index is 12.9. The lowest BCUT2D eigenvalue weighted by Crippen LogP contribution is -2.52. The molecule has 1 amide bonds. The average molecular weight is 322 g/mol. The molecule has 2 fully saturated rings. The van der Waals surface area contributed by atoms with Gasteiger partial charge in [0.1, 0.15) is 11.9 Å². The number of nitrogens with zero attached hydrogens (tertiary/aromatic N) is 2. The third-order valence-electron chi connectivity index (χ3n) is 4.58. The Kier molecular flexibility index (Phi) is 5.25. The number of aliphatic hydroxyl groups excluding tert-OH is 1. The summed E-state index contributed by atoms with van der Waals surface area (Å²) >= 11 is 0. The molecule has 0 bridgehead atoms. The summed E-state index contributed by atoms with van der Waals surface area (Å²) < 4.78 is 18.4. The molecule has 126 valence electrons. The van der Waals surface area contributed by atoms with Crippen LogP contribution in [-0.4, -0.2) is 66.2 Å². The lowest BCUT2D eigenvalue weighted by Gasteiger charge is -2.36. The zero-order valence-corrected chi connectivity index (χ0v) is 13.2. The van der Waals surface area contributed by atoms with Gasteiger partial charge in [0.05, 0.1) is 6.10 Å². The van der Waals surface area contributed by atoms with Gasteiger partial charge in [-0.3, -0.25) is 9.69 Å². The van der Waals surface area contributed by atoms with E-state index in [1.54, 1.807) is 12.1 Å². The highest BCUT2D eigenvalue weighted by atomic mass is 19.1. The fourth-order valence-electron chi connectivity index (χ4n) is 3.16. The number of amides is 1. The molecule has 5 nitrogen and oxygen atoms in total. The van der Waals surface area contributed by atoms with Crippen LogP contribution in [0.25, 0.3) is 0 Å². The van der Waals surface area contributed by atoms with Gasteiger partial charge < -0.3 is 14.7 Å². The number of hydrogen-bond acceptors (Lipinski definition) is 4. The second kappa shape index (κ2) is 7.38. The fourth-order valence-corrected chi connectivity index (χ4v) is 3.16. The number of rotatable bonds is 4. The van der Waals surface area contributed by atoms with Gasteiger partial charge in [0.15, 0.2) is 0 Å². The molecular formula is C17H23FN2O3. The molecule has 2 aliphatic heterocycles. The van der Waals surface area contributed by atoms with E-state index in [1.807, 2.05) is 4.90 Å². The zero-order chi connectivity index (χ0) is 16.2. The number of hydrogen-bond donors (Lipinski definition) is 1. The summed E-state index contributed by atoms with van der Waals surface area (Å²) in [5.41, 5.74) is 0.712. The van der Waals surface area contributed by atoms with Crippen molar-refractivity contribution < 1.29 is 19.0 Å². The van der Waals surface area contributed by atoms with Crippen molar-refractivity contribution in [2.45, 2.75) is 25.0 Å². The van der Waals surface area contributed by atoms with Crippen molar-refractivity contribution in [2.24, 2.45) is 0 Å². The fraction of sp³-hybridized carbons (Fsp3) is 0.588. The van der Waals surface area contributed by atoms with Gasteiger partial charge in [0, 0.05) is 39.3 Å². The summed E-state index contributed by atoms with van der Waals surface area (Å²) in [7, 11) is 0. The van der Waals surface area contributed by atoms with Gasteiger partial charge >= 0.3 is 0 Å². The Hall–Kier alpha value is -1.50. The Labute approximate surface area is 135 Å². The number of carbonyl (C=O) groups excluding carboxylic acids is 1. The molecule has 2 heterocycles. The van der Waals surface area contributed by atoms with Crippen molar-refractivity contribution in [1.29, 1.82) is 0 Å². The van der Waals surface area contributed by atoms with Gasteiger partial charge in [-0.2, -0.15) is 0 Å². The molecule has 2 aliphatic rings. The van der Waals surface area contributed by atoms with Crippen molar-refractivity contribution in [3.63, 3.8) is 0 Å². The predicted octanol–water partition coefficient (Wildman–Crippen LogP) is 1.18. The molecule has 1 aromatic rings. The van der Waals surface area contributed by atoms with E-state index in [0.717, 1.165) is 25.9 Å². The first-order chi connectivity index (χ1) is 11.1. The van der Waals surface area contributed by atoms with Gasteiger partial charge in [0.2, 0.25) is 0 Å². The average Bonchev–Trinajstić information content (AvgIpc) is 3.10. The molecular weight excluding hydrogens is 299 g/mol. The van der Waals surface area contributed by atoms with E-state index in [9.17, 15) is 14.3 Å². The zero-order valence-electron chi connectivity index (χ0n) is 13.2. The third-order valence-corrected chi connectivity index (χ3v) is 4.58. The highest BCUT2D eigenvalue weighted by Crippen LogP contribution is 2.18. The molecule has 0 aliphatic carbocycles. The topological polar surface area (TPSA) is 53.0 Å². The van der Waals surface area contributed by atoms with E-state index in [-0.39, 0.29) is 17.8 Å².